The van der Waals surface area contributed by atoms with Crippen molar-refractivity contribution in [2.24, 2.45) is 0 Å². The summed E-state index contributed by atoms with van der Waals surface area (Å²) in [6.07, 6.45) is 1.65. The molecule has 1 aliphatic rings. The van der Waals surface area contributed by atoms with Crippen molar-refractivity contribution in [1.82, 2.24) is 10.2 Å². The van der Waals surface area contributed by atoms with Gasteiger partial charge in [0.25, 0.3) is 0 Å². The van der Waals surface area contributed by atoms with Gasteiger partial charge < -0.3 is 5.32 Å². The standard InChI is InChI=1S/C14H18N2O2/c1-15-12(11-6-3-2-4-7-11)10-16-13(17)8-5-9-14(16)18/h2-4,6-7,12,15H,5,8-10H2,1H3. The van der Waals surface area contributed by atoms with E-state index in [2.05, 4.69) is 5.32 Å². The average molecular weight is 246 g/mol. The van der Waals surface area contributed by atoms with E-state index in [0.29, 0.717) is 25.8 Å². The molecule has 1 heterocycles. The SMILES string of the molecule is CNC(CN1C(=O)CCCC1=O)c1ccccc1. The van der Waals surface area contributed by atoms with E-state index in [9.17, 15) is 9.59 Å². The largest absolute Gasteiger partial charge is 0.312 e. The van der Waals surface area contributed by atoms with Crippen molar-refractivity contribution in [1.29, 1.82) is 0 Å². The Bertz CT molecular complexity index is 415. The van der Waals surface area contributed by atoms with Gasteiger partial charge >= 0.3 is 0 Å². The Morgan fingerprint density at radius 1 is 1.17 bits per heavy atom. The molecule has 1 aromatic rings. The van der Waals surface area contributed by atoms with E-state index >= 15 is 0 Å². The normalized spacial score (nSPS) is 17.9. The number of hydrogen-bond acceptors (Lipinski definition) is 3. The second kappa shape index (κ2) is 5.78. The monoisotopic (exact) mass is 246 g/mol. The molecule has 0 aromatic heterocycles. The fourth-order valence-electron chi connectivity index (χ4n) is 2.23. The lowest BCUT2D eigenvalue weighted by Gasteiger charge is -2.29. The van der Waals surface area contributed by atoms with Crippen LogP contribution in [0.3, 0.4) is 0 Å². The minimum atomic E-state index is -0.0533. The molecule has 1 unspecified atom stereocenters. The highest BCUT2D eigenvalue weighted by molar-refractivity contribution is 5.97. The van der Waals surface area contributed by atoms with Crippen LogP contribution in [0.15, 0.2) is 30.3 Å². The minimum Gasteiger partial charge on any atom is -0.312 e. The molecule has 2 rings (SSSR count). The Kier molecular flexibility index (Phi) is 4.10. The van der Waals surface area contributed by atoms with Crippen LogP contribution in [0.5, 0.6) is 0 Å². The summed E-state index contributed by atoms with van der Waals surface area (Å²) < 4.78 is 0. The molecule has 1 saturated heterocycles. The lowest BCUT2D eigenvalue weighted by atomic mass is 10.0. The van der Waals surface area contributed by atoms with E-state index in [1.807, 2.05) is 37.4 Å². The van der Waals surface area contributed by atoms with Gasteiger partial charge in [-0.1, -0.05) is 30.3 Å². The second-order valence-electron chi connectivity index (χ2n) is 4.50. The molecule has 1 N–H and O–H groups in total. The van der Waals surface area contributed by atoms with Crippen LogP contribution in [-0.4, -0.2) is 30.3 Å². The summed E-state index contributed by atoms with van der Waals surface area (Å²) in [6, 6.07) is 9.87. The molecule has 1 aliphatic heterocycles. The first-order valence-electron chi connectivity index (χ1n) is 6.28. The van der Waals surface area contributed by atoms with E-state index in [0.717, 1.165) is 5.56 Å². The number of rotatable bonds is 4. The van der Waals surface area contributed by atoms with Crippen LogP contribution in [0.1, 0.15) is 30.9 Å². The highest BCUT2D eigenvalue weighted by atomic mass is 16.2. The van der Waals surface area contributed by atoms with Gasteiger partial charge in [0.1, 0.15) is 0 Å². The fourth-order valence-corrected chi connectivity index (χ4v) is 2.23. The van der Waals surface area contributed by atoms with Crippen LogP contribution in [-0.2, 0) is 9.59 Å². The molecule has 0 aliphatic carbocycles. The van der Waals surface area contributed by atoms with Crippen molar-refractivity contribution in [2.75, 3.05) is 13.6 Å². The van der Waals surface area contributed by atoms with Gasteiger partial charge in [0, 0.05) is 19.4 Å². The van der Waals surface area contributed by atoms with Gasteiger partial charge in [0.05, 0.1) is 6.04 Å². The summed E-state index contributed by atoms with van der Waals surface area (Å²) in [5.74, 6) is -0.107. The zero-order valence-electron chi connectivity index (χ0n) is 10.6. The number of benzene rings is 1. The quantitative estimate of drug-likeness (QED) is 0.819. The molecule has 4 nitrogen and oxygen atoms in total. The number of carbonyl (C=O) groups excluding carboxylic acids is 2. The topological polar surface area (TPSA) is 49.4 Å². The first-order valence-corrected chi connectivity index (χ1v) is 6.28. The highest BCUT2D eigenvalue weighted by Gasteiger charge is 2.28. The minimum absolute atomic E-state index is 0.00259. The molecule has 0 spiro atoms. The highest BCUT2D eigenvalue weighted by Crippen LogP contribution is 2.18. The number of amides is 2. The van der Waals surface area contributed by atoms with Crippen molar-refractivity contribution in [3.05, 3.63) is 35.9 Å². The Morgan fingerprint density at radius 3 is 2.33 bits per heavy atom. The number of likely N-dealkylation sites (N-methyl/N-ethyl adjacent to an activating group) is 1. The Hall–Kier alpha value is -1.68. The molecule has 0 bridgehead atoms. The van der Waals surface area contributed by atoms with Crippen molar-refractivity contribution in [3.63, 3.8) is 0 Å². The summed E-state index contributed by atoms with van der Waals surface area (Å²) in [6.45, 7) is 0.415. The fraction of sp³-hybridized carbons (Fsp3) is 0.429. The van der Waals surface area contributed by atoms with Crippen molar-refractivity contribution >= 4 is 11.8 Å². The third-order valence-electron chi connectivity index (χ3n) is 3.30. The first-order chi connectivity index (χ1) is 8.72. The van der Waals surface area contributed by atoms with Gasteiger partial charge in [-0.2, -0.15) is 0 Å². The molecule has 18 heavy (non-hydrogen) atoms. The van der Waals surface area contributed by atoms with E-state index in [1.54, 1.807) is 0 Å². The predicted molar refractivity (Wildman–Crippen MR) is 68.8 cm³/mol. The maximum atomic E-state index is 11.8. The molecule has 1 fully saturated rings. The Morgan fingerprint density at radius 2 is 1.78 bits per heavy atom. The van der Waals surface area contributed by atoms with E-state index in [4.69, 9.17) is 0 Å². The summed E-state index contributed by atoms with van der Waals surface area (Å²) in [5, 5.41) is 3.16. The van der Waals surface area contributed by atoms with Crippen LogP contribution in [0.2, 0.25) is 0 Å². The molecule has 4 heteroatoms. The molecular weight excluding hydrogens is 228 g/mol. The van der Waals surface area contributed by atoms with Crippen LogP contribution in [0, 0.1) is 0 Å². The van der Waals surface area contributed by atoms with E-state index in [1.165, 1.54) is 4.90 Å². The van der Waals surface area contributed by atoms with Crippen molar-refractivity contribution in [2.45, 2.75) is 25.3 Å². The second-order valence-corrected chi connectivity index (χ2v) is 4.50. The predicted octanol–water partition coefficient (Wildman–Crippen LogP) is 1.49. The molecule has 0 saturated carbocycles. The number of carbonyl (C=O) groups is 2. The third kappa shape index (κ3) is 2.76. The van der Waals surface area contributed by atoms with Crippen LogP contribution >= 0.6 is 0 Å². The molecule has 2 amide bonds. The van der Waals surface area contributed by atoms with Gasteiger partial charge in [0.2, 0.25) is 11.8 Å². The smallest absolute Gasteiger partial charge is 0.229 e. The van der Waals surface area contributed by atoms with Gasteiger partial charge in [-0.3, -0.25) is 14.5 Å². The summed E-state index contributed by atoms with van der Waals surface area (Å²) in [5.41, 5.74) is 1.09. The van der Waals surface area contributed by atoms with Crippen LogP contribution in [0.4, 0.5) is 0 Å². The number of imide groups is 1. The number of likely N-dealkylation sites (tertiary alicyclic amines) is 1. The molecule has 1 aromatic carbocycles. The van der Waals surface area contributed by atoms with Gasteiger partial charge in [-0.25, -0.2) is 0 Å². The van der Waals surface area contributed by atoms with Gasteiger partial charge in [-0.05, 0) is 19.0 Å². The number of nitrogens with one attached hydrogen (secondary N) is 1. The zero-order valence-corrected chi connectivity index (χ0v) is 10.6. The van der Waals surface area contributed by atoms with Gasteiger partial charge in [-0.15, -0.1) is 0 Å². The molecule has 96 valence electrons. The maximum Gasteiger partial charge on any atom is 0.229 e. The first kappa shape index (κ1) is 12.8. The summed E-state index contributed by atoms with van der Waals surface area (Å²) in [7, 11) is 1.84. The molecule has 0 radical (unpaired) electrons. The zero-order chi connectivity index (χ0) is 13.0. The number of piperidine rings is 1. The lowest BCUT2D eigenvalue weighted by molar-refractivity contribution is -0.148. The third-order valence-corrected chi connectivity index (χ3v) is 3.30. The molecular formula is C14H18N2O2. The van der Waals surface area contributed by atoms with Crippen LogP contribution in [0.25, 0.3) is 0 Å². The maximum absolute atomic E-state index is 11.8. The number of hydrogen-bond donors (Lipinski definition) is 1. The number of nitrogens with zero attached hydrogens (tertiary/aromatic N) is 1. The Balaban J connectivity index is 2.10. The summed E-state index contributed by atoms with van der Waals surface area (Å²) in [4.78, 5) is 24.9. The van der Waals surface area contributed by atoms with Crippen molar-refractivity contribution in [3.8, 4) is 0 Å². The van der Waals surface area contributed by atoms with Gasteiger partial charge in [0.15, 0.2) is 0 Å². The van der Waals surface area contributed by atoms with Crippen LogP contribution < -0.4 is 5.32 Å². The molecule has 1 atom stereocenters. The van der Waals surface area contributed by atoms with E-state index < -0.39 is 0 Å². The summed E-state index contributed by atoms with van der Waals surface area (Å²) >= 11 is 0. The average Bonchev–Trinajstić information content (AvgIpc) is 2.40. The van der Waals surface area contributed by atoms with Crippen molar-refractivity contribution < 1.29 is 9.59 Å². The van der Waals surface area contributed by atoms with E-state index in [-0.39, 0.29) is 17.9 Å². The lowest BCUT2D eigenvalue weighted by Crippen LogP contribution is -2.44. The Labute approximate surface area is 107 Å².